The molecule has 1 aliphatic heterocycles. The number of aliphatic hydroxyl groups is 1. The molecule has 1 saturated heterocycles. The van der Waals surface area contributed by atoms with Crippen LogP contribution < -0.4 is 0 Å². The fraction of sp³-hybridized carbons (Fsp3) is 0.500. The summed E-state index contributed by atoms with van der Waals surface area (Å²) in [6.45, 7) is 4.73. The van der Waals surface area contributed by atoms with Crippen LogP contribution in [0.25, 0.3) is 0 Å². The summed E-state index contributed by atoms with van der Waals surface area (Å²) in [7, 11) is 0. The number of likely N-dealkylation sites (tertiary alicyclic amines) is 1. The summed E-state index contributed by atoms with van der Waals surface area (Å²) in [6, 6.07) is 5.93. The highest BCUT2D eigenvalue weighted by Gasteiger charge is 2.24. The summed E-state index contributed by atoms with van der Waals surface area (Å²) in [5, 5.41) is 8.82. The average molecular weight is 285 g/mol. The van der Waals surface area contributed by atoms with Gasteiger partial charge in [0.05, 0.1) is 0 Å². The van der Waals surface area contributed by atoms with Gasteiger partial charge >= 0.3 is 0 Å². The quantitative estimate of drug-likeness (QED) is 0.806. The van der Waals surface area contributed by atoms with Crippen molar-refractivity contribution in [3.8, 4) is 11.8 Å². The Bertz CT molecular complexity index is 568. The molecule has 1 fully saturated rings. The van der Waals surface area contributed by atoms with Crippen LogP contribution in [0.1, 0.15) is 54.1 Å². The Morgan fingerprint density at radius 2 is 2.19 bits per heavy atom. The Morgan fingerprint density at radius 3 is 2.95 bits per heavy atom. The zero-order valence-electron chi connectivity index (χ0n) is 12.9. The van der Waals surface area contributed by atoms with Crippen LogP contribution in [0.2, 0.25) is 0 Å². The number of carbonyl (C=O) groups is 1. The SMILES string of the molecule is Cc1c(C#CCO)cccc1C(=O)N1CCCCCC1C. The average Bonchev–Trinajstić information content (AvgIpc) is 2.70. The van der Waals surface area contributed by atoms with Gasteiger partial charge in [-0.3, -0.25) is 4.79 Å². The van der Waals surface area contributed by atoms with Gasteiger partial charge in [-0.1, -0.05) is 30.7 Å². The van der Waals surface area contributed by atoms with Crippen molar-refractivity contribution in [3.05, 3.63) is 34.9 Å². The van der Waals surface area contributed by atoms with Gasteiger partial charge in [0.25, 0.3) is 5.91 Å². The Labute approximate surface area is 127 Å². The van der Waals surface area contributed by atoms with E-state index in [0.29, 0.717) is 6.04 Å². The first kappa shape index (κ1) is 15.6. The molecule has 0 radical (unpaired) electrons. The lowest BCUT2D eigenvalue weighted by Crippen LogP contribution is -2.38. The van der Waals surface area contributed by atoms with E-state index in [4.69, 9.17) is 5.11 Å². The number of aliphatic hydroxyl groups excluding tert-OH is 1. The largest absolute Gasteiger partial charge is 0.384 e. The number of hydrogen-bond acceptors (Lipinski definition) is 2. The number of carbonyl (C=O) groups excluding carboxylic acids is 1. The van der Waals surface area contributed by atoms with E-state index in [1.54, 1.807) is 0 Å². The number of hydrogen-bond donors (Lipinski definition) is 1. The van der Waals surface area contributed by atoms with Crippen molar-refractivity contribution in [1.82, 2.24) is 4.90 Å². The van der Waals surface area contributed by atoms with Crippen molar-refractivity contribution in [2.75, 3.05) is 13.2 Å². The number of benzene rings is 1. The van der Waals surface area contributed by atoms with Crippen molar-refractivity contribution in [3.63, 3.8) is 0 Å². The molecular formula is C18H23NO2. The van der Waals surface area contributed by atoms with Crippen LogP contribution in [0, 0.1) is 18.8 Å². The summed E-state index contributed by atoms with van der Waals surface area (Å²) >= 11 is 0. The van der Waals surface area contributed by atoms with E-state index >= 15 is 0 Å². The van der Waals surface area contributed by atoms with Gasteiger partial charge in [-0.25, -0.2) is 0 Å². The van der Waals surface area contributed by atoms with Crippen LogP contribution in [0.3, 0.4) is 0 Å². The second kappa shape index (κ2) is 7.28. The first-order valence-electron chi connectivity index (χ1n) is 7.65. The van der Waals surface area contributed by atoms with Gasteiger partial charge in [0.2, 0.25) is 0 Å². The number of rotatable bonds is 1. The molecule has 1 amide bonds. The minimum absolute atomic E-state index is 0.106. The molecule has 0 bridgehead atoms. The second-order valence-corrected chi connectivity index (χ2v) is 5.63. The molecule has 0 saturated carbocycles. The molecule has 1 N–H and O–H groups in total. The molecule has 0 aliphatic carbocycles. The Kier molecular flexibility index (Phi) is 5.41. The summed E-state index contributed by atoms with van der Waals surface area (Å²) < 4.78 is 0. The van der Waals surface area contributed by atoms with E-state index in [2.05, 4.69) is 18.8 Å². The monoisotopic (exact) mass is 285 g/mol. The van der Waals surface area contributed by atoms with E-state index < -0.39 is 0 Å². The van der Waals surface area contributed by atoms with Gasteiger partial charge in [-0.2, -0.15) is 0 Å². The minimum Gasteiger partial charge on any atom is -0.384 e. The fourth-order valence-corrected chi connectivity index (χ4v) is 2.87. The molecule has 1 heterocycles. The second-order valence-electron chi connectivity index (χ2n) is 5.63. The molecule has 0 spiro atoms. The van der Waals surface area contributed by atoms with Crippen molar-refractivity contribution < 1.29 is 9.90 Å². The summed E-state index contributed by atoms with van der Waals surface area (Å²) in [5.74, 6) is 5.67. The van der Waals surface area contributed by atoms with Gasteiger partial charge in [0.1, 0.15) is 6.61 Å². The molecule has 1 unspecified atom stereocenters. The van der Waals surface area contributed by atoms with Crippen molar-refractivity contribution in [1.29, 1.82) is 0 Å². The fourth-order valence-electron chi connectivity index (χ4n) is 2.87. The first-order valence-corrected chi connectivity index (χ1v) is 7.65. The van der Waals surface area contributed by atoms with E-state index in [1.165, 1.54) is 12.8 Å². The van der Waals surface area contributed by atoms with Crippen molar-refractivity contribution >= 4 is 5.91 Å². The van der Waals surface area contributed by atoms with Gasteiger partial charge in [-0.05, 0) is 44.4 Å². The van der Waals surface area contributed by atoms with Gasteiger partial charge in [0, 0.05) is 23.7 Å². The van der Waals surface area contributed by atoms with E-state index in [-0.39, 0.29) is 12.5 Å². The predicted molar refractivity (Wildman–Crippen MR) is 84.1 cm³/mol. The first-order chi connectivity index (χ1) is 10.1. The normalized spacial score (nSPS) is 18.6. The molecule has 21 heavy (non-hydrogen) atoms. The third-order valence-electron chi connectivity index (χ3n) is 4.18. The van der Waals surface area contributed by atoms with Crippen LogP contribution in [0.5, 0.6) is 0 Å². The number of amides is 1. The van der Waals surface area contributed by atoms with Crippen molar-refractivity contribution in [2.45, 2.75) is 45.6 Å². The maximum atomic E-state index is 12.8. The molecule has 1 aliphatic rings. The van der Waals surface area contributed by atoms with Crippen LogP contribution >= 0.6 is 0 Å². The molecule has 2 rings (SSSR count). The maximum Gasteiger partial charge on any atom is 0.254 e. The minimum atomic E-state index is -0.166. The van der Waals surface area contributed by atoms with Crippen LogP contribution in [0.15, 0.2) is 18.2 Å². The molecule has 3 nitrogen and oxygen atoms in total. The standard InChI is InChI=1S/C18H23NO2/c1-14-8-4-3-5-12-19(14)18(21)17-11-6-9-16(15(17)2)10-7-13-20/h6,9,11,14,20H,3-5,8,12-13H2,1-2H3. The lowest BCUT2D eigenvalue weighted by molar-refractivity contribution is 0.0697. The zero-order valence-corrected chi connectivity index (χ0v) is 12.9. The van der Waals surface area contributed by atoms with E-state index in [9.17, 15) is 4.79 Å². The number of nitrogens with zero attached hydrogens (tertiary/aromatic N) is 1. The zero-order chi connectivity index (χ0) is 15.2. The third kappa shape index (κ3) is 3.65. The van der Waals surface area contributed by atoms with Crippen LogP contribution in [-0.4, -0.2) is 35.1 Å². The maximum absolute atomic E-state index is 12.8. The molecule has 1 aromatic carbocycles. The Balaban J connectivity index is 2.30. The summed E-state index contributed by atoms with van der Waals surface area (Å²) in [6.07, 6.45) is 4.56. The highest BCUT2D eigenvalue weighted by molar-refractivity contribution is 5.96. The third-order valence-corrected chi connectivity index (χ3v) is 4.18. The van der Waals surface area contributed by atoms with Gasteiger partial charge in [-0.15, -0.1) is 0 Å². The van der Waals surface area contributed by atoms with Gasteiger partial charge in [0.15, 0.2) is 0 Å². The van der Waals surface area contributed by atoms with Crippen LogP contribution in [-0.2, 0) is 0 Å². The Morgan fingerprint density at radius 1 is 1.38 bits per heavy atom. The highest BCUT2D eigenvalue weighted by atomic mass is 16.2. The Hall–Kier alpha value is -1.79. The topological polar surface area (TPSA) is 40.5 Å². The summed E-state index contributed by atoms with van der Waals surface area (Å²) in [5.41, 5.74) is 2.45. The van der Waals surface area contributed by atoms with Crippen molar-refractivity contribution in [2.24, 2.45) is 0 Å². The lowest BCUT2D eigenvalue weighted by Gasteiger charge is -2.28. The van der Waals surface area contributed by atoms with Gasteiger partial charge < -0.3 is 10.0 Å². The molecule has 1 aromatic rings. The molecule has 112 valence electrons. The van der Waals surface area contributed by atoms with E-state index in [1.807, 2.05) is 30.0 Å². The molecule has 3 heteroatoms. The predicted octanol–water partition coefficient (Wildman–Crippen LogP) is 2.74. The lowest BCUT2D eigenvalue weighted by atomic mass is 10.0. The van der Waals surface area contributed by atoms with Crippen LogP contribution in [0.4, 0.5) is 0 Å². The molecular weight excluding hydrogens is 262 g/mol. The summed E-state index contributed by atoms with van der Waals surface area (Å²) in [4.78, 5) is 14.8. The smallest absolute Gasteiger partial charge is 0.254 e. The van der Waals surface area contributed by atoms with E-state index in [0.717, 1.165) is 36.1 Å². The molecule has 0 aromatic heterocycles. The molecule has 1 atom stereocenters. The highest BCUT2D eigenvalue weighted by Crippen LogP contribution is 2.21.